The van der Waals surface area contributed by atoms with Gasteiger partial charge in [-0.1, -0.05) is 37.6 Å². The van der Waals surface area contributed by atoms with Crippen molar-refractivity contribution in [1.82, 2.24) is 0 Å². The second-order valence-corrected chi connectivity index (χ2v) is 4.20. The SMILES string of the molecule is CCCCC1=C(F)OC(C)c2ccccc21. The van der Waals surface area contributed by atoms with Crippen molar-refractivity contribution >= 4 is 5.57 Å². The zero-order chi connectivity index (χ0) is 11.5. The molecule has 2 heteroatoms. The van der Waals surface area contributed by atoms with Crippen LogP contribution < -0.4 is 0 Å². The third-order valence-electron chi connectivity index (χ3n) is 3.02. The molecule has 1 nitrogen and oxygen atoms in total. The minimum absolute atomic E-state index is 0.179. The molecule has 0 fully saturated rings. The number of ether oxygens (including phenoxy) is 1. The van der Waals surface area contributed by atoms with Crippen LogP contribution in [0.5, 0.6) is 0 Å². The first kappa shape index (κ1) is 11.2. The van der Waals surface area contributed by atoms with Gasteiger partial charge in [0.1, 0.15) is 6.10 Å². The summed E-state index contributed by atoms with van der Waals surface area (Å²) in [6, 6.07) is 7.53. The highest BCUT2D eigenvalue weighted by Crippen LogP contribution is 2.38. The standard InChI is InChI=1S/C14H17FO/c1-3-4-7-13-12-9-6-5-8-11(12)10(2)16-14(13)15/h5-6,8-10H,3-4,7H2,1-2H3. The Hall–Kier alpha value is -1.31. The summed E-state index contributed by atoms with van der Waals surface area (Å²) in [7, 11) is 0. The quantitative estimate of drug-likeness (QED) is 0.723. The maximum atomic E-state index is 13.8. The van der Waals surface area contributed by atoms with Gasteiger partial charge in [-0.2, -0.15) is 4.39 Å². The third-order valence-corrected chi connectivity index (χ3v) is 3.02. The maximum Gasteiger partial charge on any atom is 0.277 e. The molecule has 0 radical (unpaired) electrons. The van der Waals surface area contributed by atoms with Gasteiger partial charge in [0.15, 0.2) is 0 Å². The molecule has 0 amide bonds. The Balaban J connectivity index is 2.39. The largest absolute Gasteiger partial charge is 0.463 e. The summed E-state index contributed by atoms with van der Waals surface area (Å²) in [5.74, 6) is 0. The van der Waals surface area contributed by atoms with Crippen LogP contribution in [0.1, 0.15) is 50.3 Å². The fourth-order valence-electron chi connectivity index (χ4n) is 2.11. The fourth-order valence-corrected chi connectivity index (χ4v) is 2.11. The molecule has 1 unspecified atom stereocenters. The molecule has 1 atom stereocenters. The molecule has 1 aromatic carbocycles. The van der Waals surface area contributed by atoms with E-state index in [1.165, 1.54) is 0 Å². The van der Waals surface area contributed by atoms with Gasteiger partial charge in [0.05, 0.1) is 0 Å². The number of allylic oxidation sites excluding steroid dienone is 1. The molecule has 0 spiro atoms. The lowest BCUT2D eigenvalue weighted by molar-refractivity contribution is 0.0774. The molecule has 0 bridgehead atoms. The van der Waals surface area contributed by atoms with Crippen LogP contribution in [-0.4, -0.2) is 0 Å². The van der Waals surface area contributed by atoms with E-state index < -0.39 is 0 Å². The van der Waals surface area contributed by atoms with E-state index in [2.05, 4.69) is 6.92 Å². The Labute approximate surface area is 95.9 Å². The normalized spacial score (nSPS) is 19.3. The second kappa shape index (κ2) is 4.69. The first-order valence-electron chi connectivity index (χ1n) is 5.88. The van der Waals surface area contributed by atoms with E-state index >= 15 is 0 Å². The molecule has 1 aliphatic heterocycles. The van der Waals surface area contributed by atoms with Crippen molar-refractivity contribution in [2.75, 3.05) is 0 Å². The molecule has 0 N–H and O–H groups in total. The first-order chi connectivity index (χ1) is 7.74. The monoisotopic (exact) mass is 220 g/mol. The summed E-state index contributed by atoms with van der Waals surface area (Å²) < 4.78 is 19.0. The van der Waals surface area contributed by atoms with Crippen molar-refractivity contribution < 1.29 is 9.13 Å². The van der Waals surface area contributed by atoms with Gasteiger partial charge in [-0.25, -0.2) is 0 Å². The molecule has 1 aromatic rings. The zero-order valence-corrected chi connectivity index (χ0v) is 9.79. The van der Waals surface area contributed by atoms with Gasteiger partial charge in [-0.3, -0.25) is 0 Å². The molecule has 86 valence electrons. The number of benzene rings is 1. The Morgan fingerprint density at radius 1 is 1.31 bits per heavy atom. The highest BCUT2D eigenvalue weighted by atomic mass is 19.1. The average molecular weight is 220 g/mol. The molecule has 2 rings (SSSR count). The summed E-state index contributed by atoms with van der Waals surface area (Å²) >= 11 is 0. The Kier molecular flexibility index (Phi) is 3.28. The molecule has 0 aromatic heterocycles. The van der Waals surface area contributed by atoms with Crippen LogP contribution in [0.2, 0.25) is 0 Å². The number of unbranched alkanes of at least 4 members (excludes halogenated alkanes) is 1. The van der Waals surface area contributed by atoms with E-state index in [1.807, 2.05) is 31.2 Å². The van der Waals surface area contributed by atoms with E-state index in [-0.39, 0.29) is 12.1 Å². The summed E-state index contributed by atoms with van der Waals surface area (Å²) in [6.07, 6.45) is 2.64. The van der Waals surface area contributed by atoms with Crippen LogP contribution >= 0.6 is 0 Å². The lowest BCUT2D eigenvalue weighted by atomic mass is 9.92. The van der Waals surface area contributed by atoms with Crippen LogP contribution in [0.25, 0.3) is 5.57 Å². The number of halogens is 1. The number of hydrogen-bond acceptors (Lipinski definition) is 1. The van der Waals surface area contributed by atoms with Crippen LogP contribution in [0, 0.1) is 0 Å². The van der Waals surface area contributed by atoms with Crippen LogP contribution in [0.3, 0.4) is 0 Å². The third kappa shape index (κ3) is 1.97. The summed E-state index contributed by atoms with van der Waals surface area (Å²) in [5.41, 5.74) is 2.85. The molecule has 0 aliphatic carbocycles. The van der Waals surface area contributed by atoms with Crippen LogP contribution in [0.15, 0.2) is 30.3 Å². The minimum atomic E-state index is -0.389. The van der Waals surface area contributed by atoms with Gasteiger partial charge >= 0.3 is 0 Å². The lowest BCUT2D eigenvalue weighted by Crippen LogP contribution is -2.09. The summed E-state index contributed by atoms with van der Waals surface area (Å²) in [6.45, 7) is 3.99. The van der Waals surface area contributed by atoms with E-state index in [9.17, 15) is 4.39 Å². The van der Waals surface area contributed by atoms with E-state index in [4.69, 9.17) is 4.74 Å². The molecule has 16 heavy (non-hydrogen) atoms. The molecular formula is C14H17FO. The maximum absolute atomic E-state index is 13.8. The Morgan fingerprint density at radius 2 is 2.06 bits per heavy atom. The van der Waals surface area contributed by atoms with Crippen molar-refractivity contribution in [3.05, 3.63) is 41.4 Å². The van der Waals surface area contributed by atoms with Crippen LogP contribution in [0.4, 0.5) is 4.39 Å². The Bertz CT molecular complexity index is 409. The zero-order valence-electron chi connectivity index (χ0n) is 9.79. The van der Waals surface area contributed by atoms with Gasteiger partial charge in [0.25, 0.3) is 6.01 Å². The highest BCUT2D eigenvalue weighted by Gasteiger charge is 2.24. The number of fused-ring (bicyclic) bond motifs is 1. The topological polar surface area (TPSA) is 9.23 Å². The van der Waals surface area contributed by atoms with Crippen molar-refractivity contribution in [1.29, 1.82) is 0 Å². The predicted octanol–water partition coefficient (Wildman–Crippen LogP) is 4.61. The molecule has 1 aliphatic rings. The van der Waals surface area contributed by atoms with Gasteiger partial charge in [-0.05, 0) is 30.9 Å². The van der Waals surface area contributed by atoms with Crippen molar-refractivity contribution in [2.45, 2.75) is 39.2 Å². The smallest absolute Gasteiger partial charge is 0.277 e. The molecular weight excluding hydrogens is 203 g/mol. The van der Waals surface area contributed by atoms with Gasteiger partial charge in [0, 0.05) is 5.57 Å². The van der Waals surface area contributed by atoms with Crippen molar-refractivity contribution in [3.8, 4) is 0 Å². The Morgan fingerprint density at radius 3 is 2.81 bits per heavy atom. The average Bonchev–Trinajstić information content (AvgIpc) is 2.29. The van der Waals surface area contributed by atoms with Crippen LogP contribution in [-0.2, 0) is 4.74 Å². The first-order valence-corrected chi connectivity index (χ1v) is 5.88. The fraction of sp³-hybridized carbons (Fsp3) is 0.429. The van der Waals surface area contributed by atoms with Gasteiger partial charge < -0.3 is 4.74 Å². The highest BCUT2D eigenvalue weighted by molar-refractivity contribution is 5.70. The molecule has 0 saturated carbocycles. The van der Waals surface area contributed by atoms with E-state index in [0.29, 0.717) is 0 Å². The van der Waals surface area contributed by atoms with Gasteiger partial charge in [-0.15, -0.1) is 0 Å². The molecule has 0 saturated heterocycles. The van der Waals surface area contributed by atoms with E-state index in [0.717, 1.165) is 36.0 Å². The minimum Gasteiger partial charge on any atom is -0.463 e. The van der Waals surface area contributed by atoms with E-state index in [1.54, 1.807) is 0 Å². The number of hydrogen-bond donors (Lipinski definition) is 0. The predicted molar refractivity (Wildman–Crippen MR) is 63.5 cm³/mol. The second-order valence-electron chi connectivity index (χ2n) is 4.20. The summed E-state index contributed by atoms with van der Waals surface area (Å²) in [4.78, 5) is 0. The van der Waals surface area contributed by atoms with Gasteiger partial charge in [0.2, 0.25) is 0 Å². The molecule has 1 heterocycles. The lowest BCUT2D eigenvalue weighted by Gasteiger charge is -2.25. The number of rotatable bonds is 3. The van der Waals surface area contributed by atoms with Crippen molar-refractivity contribution in [2.24, 2.45) is 0 Å². The summed E-state index contributed by atoms with van der Waals surface area (Å²) in [5, 5.41) is 0. The van der Waals surface area contributed by atoms with Crippen molar-refractivity contribution in [3.63, 3.8) is 0 Å².